The van der Waals surface area contributed by atoms with Gasteiger partial charge in [0.25, 0.3) is 0 Å². The van der Waals surface area contributed by atoms with E-state index in [1.807, 2.05) is 12.2 Å². The molecule has 1 aliphatic carbocycles. The van der Waals surface area contributed by atoms with Crippen LogP contribution >= 0.6 is 12.6 Å². The van der Waals surface area contributed by atoms with Crippen molar-refractivity contribution in [3.8, 4) is 0 Å². The Balaban J connectivity index is 2.61. The Morgan fingerprint density at radius 3 is 2.81 bits per heavy atom. The summed E-state index contributed by atoms with van der Waals surface area (Å²) >= 11 is 3.80. The molecule has 0 aromatic rings. The molecule has 0 bridgehead atoms. The van der Waals surface area contributed by atoms with Gasteiger partial charge in [-0.05, 0) is 19.3 Å². The number of hydrogen-bond acceptors (Lipinski definition) is 4. The molecule has 4 nitrogen and oxygen atoms in total. The lowest BCUT2D eigenvalue weighted by molar-refractivity contribution is -0.152. The number of thiol groups is 1. The van der Waals surface area contributed by atoms with E-state index in [0.29, 0.717) is 0 Å². The lowest BCUT2D eigenvalue weighted by atomic mass is 9.89. The summed E-state index contributed by atoms with van der Waals surface area (Å²) < 4.78 is 5.10. The molecular formula is C11H16O4S. The summed E-state index contributed by atoms with van der Waals surface area (Å²) in [6.45, 7) is 0. The first kappa shape index (κ1) is 13.1. The number of carbonyl (C=O) groups is 2. The predicted octanol–water partition coefficient (Wildman–Crippen LogP) is 1.66. The first-order chi connectivity index (χ1) is 7.63. The van der Waals surface area contributed by atoms with Gasteiger partial charge in [0.15, 0.2) is 0 Å². The second-order valence-electron chi connectivity index (χ2n) is 3.81. The molecule has 0 saturated carbocycles. The van der Waals surface area contributed by atoms with Crippen molar-refractivity contribution in [2.24, 2.45) is 5.92 Å². The summed E-state index contributed by atoms with van der Waals surface area (Å²) in [5, 5.41) is 8.77. The highest BCUT2D eigenvalue weighted by Crippen LogP contribution is 2.24. The Hall–Kier alpha value is -0.970. The van der Waals surface area contributed by atoms with Crippen LogP contribution in [0.4, 0.5) is 0 Å². The maximum atomic E-state index is 11.1. The Bertz CT molecular complexity index is 288. The van der Waals surface area contributed by atoms with E-state index in [2.05, 4.69) is 12.6 Å². The van der Waals surface area contributed by atoms with E-state index in [4.69, 9.17) is 9.84 Å². The molecule has 16 heavy (non-hydrogen) atoms. The molecule has 0 aromatic carbocycles. The van der Waals surface area contributed by atoms with Crippen molar-refractivity contribution in [3.05, 3.63) is 12.2 Å². The normalized spacial score (nSPS) is 21.4. The van der Waals surface area contributed by atoms with Crippen LogP contribution in [0.5, 0.6) is 0 Å². The first-order valence-corrected chi connectivity index (χ1v) is 5.95. The third-order valence-electron chi connectivity index (χ3n) is 2.56. The lowest BCUT2D eigenvalue weighted by Crippen LogP contribution is -2.29. The van der Waals surface area contributed by atoms with Crippen LogP contribution in [0.2, 0.25) is 0 Å². The fraction of sp³-hybridized carbons (Fsp3) is 0.636. The summed E-state index contributed by atoms with van der Waals surface area (Å²) in [5.41, 5.74) is 0. The molecule has 0 fully saturated rings. The molecule has 90 valence electrons. The zero-order valence-electron chi connectivity index (χ0n) is 8.96. The topological polar surface area (TPSA) is 63.6 Å². The molecule has 5 heteroatoms. The third kappa shape index (κ3) is 4.26. The van der Waals surface area contributed by atoms with Crippen LogP contribution in [-0.2, 0) is 14.3 Å². The summed E-state index contributed by atoms with van der Waals surface area (Å²) in [4.78, 5) is 21.8. The molecular weight excluding hydrogens is 228 g/mol. The van der Waals surface area contributed by atoms with Crippen molar-refractivity contribution in [3.63, 3.8) is 0 Å². The smallest absolute Gasteiger partial charge is 0.315 e. The third-order valence-corrected chi connectivity index (χ3v) is 2.81. The first-order valence-electron chi connectivity index (χ1n) is 5.32. The molecule has 2 atom stereocenters. The molecule has 1 aliphatic rings. The molecule has 0 radical (unpaired) electrons. The van der Waals surface area contributed by atoms with Gasteiger partial charge in [-0.1, -0.05) is 12.2 Å². The van der Waals surface area contributed by atoms with Gasteiger partial charge in [0, 0.05) is 5.92 Å². The molecule has 1 N–H and O–H groups in total. The average molecular weight is 244 g/mol. The van der Waals surface area contributed by atoms with Gasteiger partial charge >= 0.3 is 11.9 Å². The monoisotopic (exact) mass is 244 g/mol. The van der Waals surface area contributed by atoms with E-state index in [1.165, 1.54) is 0 Å². The number of carboxylic acid groups (broad SMARTS) is 1. The number of hydrogen-bond donors (Lipinski definition) is 2. The summed E-state index contributed by atoms with van der Waals surface area (Å²) in [5.74, 6) is -1.41. The SMILES string of the molecule is O=C(O)CC(OC(=O)CS)C1C=CCCC1. The zero-order valence-corrected chi connectivity index (χ0v) is 9.86. The fourth-order valence-electron chi connectivity index (χ4n) is 1.81. The van der Waals surface area contributed by atoms with Gasteiger partial charge in [-0.2, -0.15) is 12.6 Å². The van der Waals surface area contributed by atoms with Gasteiger partial charge in [0.05, 0.1) is 12.2 Å². The summed E-state index contributed by atoms with van der Waals surface area (Å²) in [6, 6.07) is 0. The number of rotatable bonds is 5. The van der Waals surface area contributed by atoms with Crippen LogP contribution in [0.25, 0.3) is 0 Å². The fourth-order valence-corrected chi connectivity index (χ4v) is 1.88. The number of allylic oxidation sites excluding steroid dienone is 1. The van der Waals surface area contributed by atoms with E-state index in [0.717, 1.165) is 19.3 Å². The Labute approximate surface area is 100 Å². The second kappa shape index (κ2) is 6.58. The summed E-state index contributed by atoms with van der Waals surface area (Å²) in [6.07, 6.45) is 6.14. The van der Waals surface area contributed by atoms with Crippen molar-refractivity contribution in [2.45, 2.75) is 31.8 Å². The molecule has 0 saturated heterocycles. The average Bonchev–Trinajstić information content (AvgIpc) is 2.28. The number of ether oxygens (including phenoxy) is 1. The van der Waals surface area contributed by atoms with Crippen LogP contribution in [0.1, 0.15) is 25.7 Å². The van der Waals surface area contributed by atoms with Gasteiger partial charge < -0.3 is 9.84 Å². The standard InChI is InChI=1S/C11H16O4S/c12-10(13)6-9(15-11(14)7-16)8-4-2-1-3-5-8/h2,4,8-9,16H,1,3,5-7H2,(H,12,13). The quantitative estimate of drug-likeness (QED) is 0.438. The largest absolute Gasteiger partial charge is 0.481 e. The van der Waals surface area contributed by atoms with Crippen molar-refractivity contribution < 1.29 is 19.4 Å². The summed E-state index contributed by atoms with van der Waals surface area (Å²) in [7, 11) is 0. The van der Waals surface area contributed by atoms with Gasteiger partial charge in [-0.25, -0.2) is 0 Å². The zero-order chi connectivity index (χ0) is 12.0. The van der Waals surface area contributed by atoms with Gasteiger partial charge in [-0.3, -0.25) is 9.59 Å². The van der Waals surface area contributed by atoms with Gasteiger partial charge in [0.1, 0.15) is 6.10 Å². The molecule has 0 spiro atoms. The molecule has 0 heterocycles. The van der Waals surface area contributed by atoms with Crippen molar-refractivity contribution in [2.75, 3.05) is 5.75 Å². The molecule has 1 rings (SSSR count). The van der Waals surface area contributed by atoms with Crippen LogP contribution in [0.3, 0.4) is 0 Å². The predicted molar refractivity (Wildman–Crippen MR) is 62.5 cm³/mol. The van der Waals surface area contributed by atoms with Crippen LogP contribution in [-0.4, -0.2) is 28.9 Å². The minimum Gasteiger partial charge on any atom is -0.481 e. The molecule has 0 amide bonds. The van der Waals surface area contributed by atoms with Crippen LogP contribution in [0, 0.1) is 5.92 Å². The maximum Gasteiger partial charge on any atom is 0.315 e. The highest BCUT2D eigenvalue weighted by Gasteiger charge is 2.26. The maximum absolute atomic E-state index is 11.1. The second-order valence-corrected chi connectivity index (χ2v) is 4.12. The van der Waals surface area contributed by atoms with E-state index in [-0.39, 0.29) is 18.1 Å². The Morgan fingerprint density at radius 1 is 1.56 bits per heavy atom. The number of carboxylic acids is 1. The van der Waals surface area contributed by atoms with E-state index in [1.54, 1.807) is 0 Å². The van der Waals surface area contributed by atoms with Crippen molar-refractivity contribution in [1.29, 1.82) is 0 Å². The minimum atomic E-state index is -0.948. The van der Waals surface area contributed by atoms with Gasteiger partial charge in [0.2, 0.25) is 0 Å². The van der Waals surface area contributed by atoms with E-state index >= 15 is 0 Å². The Morgan fingerprint density at radius 2 is 2.31 bits per heavy atom. The van der Waals surface area contributed by atoms with Crippen molar-refractivity contribution >= 4 is 24.6 Å². The molecule has 0 aliphatic heterocycles. The number of aliphatic carboxylic acids is 1. The van der Waals surface area contributed by atoms with Crippen LogP contribution in [0.15, 0.2) is 12.2 Å². The van der Waals surface area contributed by atoms with E-state index < -0.39 is 18.0 Å². The molecule has 2 unspecified atom stereocenters. The van der Waals surface area contributed by atoms with Crippen LogP contribution < -0.4 is 0 Å². The Kier molecular flexibility index (Phi) is 5.38. The number of carbonyl (C=O) groups excluding carboxylic acids is 1. The van der Waals surface area contributed by atoms with E-state index in [9.17, 15) is 9.59 Å². The molecule has 0 aromatic heterocycles. The van der Waals surface area contributed by atoms with Gasteiger partial charge in [-0.15, -0.1) is 0 Å². The number of esters is 1. The lowest BCUT2D eigenvalue weighted by Gasteiger charge is -2.25. The highest BCUT2D eigenvalue weighted by molar-refractivity contribution is 7.81. The highest BCUT2D eigenvalue weighted by atomic mass is 32.1. The van der Waals surface area contributed by atoms with Crippen molar-refractivity contribution in [1.82, 2.24) is 0 Å². The minimum absolute atomic E-state index is 0.0213.